The largest absolute Gasteiger partial charge is 0.469 e. The molecule has 0 spiro atoms. The predicted molar refractivity (Wildman–Crippen MR) is 49.0 cm³/mol. The molecule has 0 radical (unpaired) electrons. The number of ether oxygens (including phenoxy) is 1. The van der Waals surface area contributed by atoms with Crippen LogP contribution in [0.2, 0.25) is 0 Å². The Hall–Kier alpha value is -0.570. The number of esters is 1. The van der Waals surface area contributed by atoms with Gasteiger partial charge >= 0.3 is 5.97 Å². The molecule has 72 valence electrons. The number of nitrogens with one attached hydrogen (secondary N) is 1. The Balaban J connectivity index is 3.74. The average Bonchev–Trinajstić information content (AvgIpc) is 2.02. The predicted octanol–water partition coefficient (Wildman–Crippen LogP) is 1.33. The summed E-state index contributed by atoms with van der Waals surface area (Å²) in [7, 11) is 1.42. The van der Waals surface area contributed by atoms with Gasteiger partial charge in [-0.25, -0.2) is 0 Å². The van der Waals surface area contributed by atoms with Gasteiger partial charge in [0.2, 0.25) is 0 Å². The molecule has 0 aliphatic rings. The Morgan fingerprint density at radius 1 is 1.50 bits per heavy atom. The highest BCUT2D eigenvalue weighted by Gasteiger charge is 2.12. The molecule has 1 unspecified atom stereocenters. The summed E-state index contributed by atoms with van der Waals surface area (Å²) in [6, 6.07) is 0.664. The molecule has 0 saturated heterocycles. The molecular formula is C9H19NO2. The Bertz CT molecular complexity index is 134. The van der Waals surface area contributed by atoms with Gasteiger partial charge < -0.3 is 10.1 Å². The highest BCUT2D eigenvalue weighted by molar-refractivity contribution is 5.69. The fourth-order valence-electron chi connectivity index (χ4n) is 1.08. The molecule has 3 heteroatoms. The van der Waals surface area contributed by atoms with Crippen LogP contribution in [0.5, 0.6) is 0 Å². The minimum absolute atomic E-state index is 0.144. The minimum Gasteiger partial charge on any atom is -0.469 e. The summed E-state index contributed by atoms with van der Waals surface area (Å²) in [4.78, 5) is 10.9. The van der Waals surface area contributed by atoms with Crippen molar-refractivity contribution in [2.24, 2.45) is 0 Å². The lowest BCUT2D eigenvalue weighted by Gasteiger charge is -2.18. The Labute approximate surface area is 74.5 Å². The van der Waals surface area contributed by atoms with Crippen molar-refractivity contribution in [1.29, 1.82) is 0 Å². The van der Waals surface area contributed by atoms with Crippen molar-refractivity contribution < 1.29 is 9.53 Å². The second-order valence-electron chi connectivity index (χ2n) is 3.21. The third-order valence-corrected chi connectivity index (χ3v) is 1.70. The zero-order valence-corrected chi connectivity index (χ0v) is 8.39. The van der Waals surface area contributed by atoms with Crippen molar-refractivity contribution >= 4 is 5.97 Å². The molecule has 1 atom stereocenters. The van der Waals surface area contributed by atoms with Crippen molar-refractivity contribution in [3.63, 3.8) is 0 Å². The standard InChI is InChI=1S/C9H19NO2/c1-5-8(10-7(2)3)6-9(11)12-4/h7-8,10H,5-6H2,1-4H3. The summed E-state index contributed by atoms with van der Waals surface area (Å²) < 4.78 is 4.59. The van der Waals surface area contributed by atoms with Crippen LogP contribution in [0, 0.1) is 0 Å². The number of carbonyl (C=O) groups excluding carboxylic acids is 1. The highest BCUT2D eigenvalue weighted by Crippen LogP contribution is 2.00. The molecule has 0 saturated carbocycles. The number of rotatable bonds is 5. The van der Waals surface area contributed by atoms with Crippen molar-refractivity contribution in [2.45, 2.75) is 45.7 Å². The van der Waals surface area contributed by atoms with Gasteiger partial charge in [-0.1, -0.05) is 20.8 Å². The van der Waals surface area contributed by atoms with Crippen LogP contribution in [0.15, 0.2) is 0 Å². The number of hydrogen-bond acceptors (Lipinski definition) is 3. The van der Waals surface area contributed by atoms with E-state index in [1.165, 1.54) is 7.11 Å². The van der Waals surface area contributed by atoms with Crippen LogP contribution in [0.25, 0.3) is 0 Å². The van der Waals surface area contributed by atoms with Crippen LogP contribution in [0.3, 0.4) is 0 Å². The van der Waals surface area contributed by atoms with E-state index < -0.39 is 0 Å². The Kier molecular flexibility index (Phi) is 5.72. The van der Waals surface area contributed by atoms with Gasteiger partial charge in [0.15, 0.2) is 0 Å². The molecule has 0 aliphatic heterocycles. The Morgan fingerprint density at radius 3 is 2.42 bits per heavy atom. The maximum atomic E-state index is 10.9. The van der Waals surface area contributed by atoms with Crippen LogP contribution in [-0.4, -0.2) is 25.2 Å². The molecule has 0 aromatic carbocycles. The van der Waals surface area contributed by atoms with Crippen LogP contribution in [-0.2, 0) is 9.53 Å². The summed E-state index contributed by atoms with van der Waals surface area (Å²) in [5.74, 6) is -0.144. The maximum absolute atomic E-state index is 10.9. The van der Waals surface area contributed by atoms with Crippen molar-refractivity contribution in [1.82, 2.24) is 5.32 Å². The van der Waals surface area contributed by atoms with E-state index in [4.69, 9.17) is 0 Å². The fourth-order valence-corrected chi connectivity index (χ4v) is 1.08. The van der Waals surface area contributed by atoms with Gasteiger partial charge in [0.25, 0.3) is 0 Å². The first-order valence-corrected chi connectivity index (χ1v) is 4.43. The van der Waals surface area contributed by atoms with E-state index in [1.807, 2.05) is 0 Å². The van der Waals surface area contributed by atoms with Gasteiger partial charge in [0, 0.05) is 12.1 Å². The third kappa shape index (κ3) is 5.13. The molecule has 0 fully saturated rings. The van der Waals surface area contributed by atoms with Gasteiger partial charge in [-0.15, -0.1) is 0 Å². The van der Waals surface area contributed by atoms with Gasteiger partial charge in [0.1, 0.15) is 0 Å². The third-order valence-electron chi connectivity index (χ3n) is 1.70. The topological polar surface area (TPSA) is 38.3 Å². The summed E-state index contributed by atoms with van der Waals surface area (Å²) in [5, 5.41) is 3.29. The Morgan fingerprint density at radius 2 is 2.08 bits per heavy atom. The van der Waals surface area contributed by atoms with Gasteiger partial charge in [-0.3, -0.25) is 4.79 Å². The zero-order chi connectivity index (χ0) is 9.56. The number of hydrogen-bond donors (Lipinski definition) is 1. The maximum Gasteiger partial charge on any atom is 0.307 e. The van der Waals surface area contributed by atoms with Gasteiger partial charge in [-0.05, 0) is 6.42 Å². The lowest BCUT2D eigenvalue weighted by atomic mass is 10.1. The SMILES string of the molecule is CCC(CC(=O)OC)NC(C)C. The van der Waals surface area contributed by atoms with E-state index in [0.29, 0.717) is 12.5 Å². The summed E-state index contributed by atoms with van der Waals surface area (Å²) >= 11 is 0. The van der Waals surface area contributed by atoms with Crippen LogP contribution < -0.4 is 5.32 Å². The lowest BCUT2D eigenvalue weighted by molar-refractivity contribution is -0.141. The molecule has 3 nitrogen and oxygen atoms in total. The second-order valence-corrected chi connectivity index (χ2v) is 3.21. The van der Waals surface area contributed by atoms with Gasteiger partial charge in [-0.2, -0.15) is 0 Å². The quantitative estimate of drug-likeness (QED) is 0.637. The molecule has 0 rings (SSSR count). The molecule has 0 aliphatic carbocycles. The summed E-state index contributed by atoms with van der Waals surface area (Å²) in [6.07, 6.45) is 1.42. The monoisotopic (exact) mass is 173 g/mol. The van der Waals surface area contributed by atoms with E-state index in [2.05, 4.69) is 30.8 Å². The molecule has 1 N–H and O–H groups in total. The molecular weight excluding hydrogens is 154 g/mol. The van der Waals surface area contributed by atoms with E-state index in [0.717, 1.165) is 6.42 Å². The van der Waals surface area contributed by atoms with E-state index in [9.17, 15) is 4.79 Å². The first-order valence-electron chi connectivity index (χ1n) is 4.43. The zero-order valence-electron chi connectivity index (χ0n) is 8.39. The van der Waals surface area contributed by atoms with Crippen LogP contribution in [0.1, 0.15) is 33.6 Å². The van der Waals surface area contributed by atoms with Crippen LogP contribution >= 0.6 is 0 Å². The number of carbonyl (C=O) groups is 1. The molecule has 0 heterocycles. The molecule has 12 heavy (non-hydrogen) atoms. The lowest BCUT2D eigenvalue weighted by Crippen LogP contribution is -2.36. The molecule has 0 aromatic heterocycles. The number of methoxy groups -OCH3 is 1. The molecule has 0 aromatic rings. The van der Waals surface area contributed by atoms with E-state index in [1.54, 1.807) is 0 Å². The van der Waals surface area contributed by atoms with E-state index >= 15 is 0 Å². The summed E-state index contributed by atoms with van der Waals surface area (Å²) in [5.41, 5.74) is 0. The van der Waals surface area contributed by atoms with Gasteiger partial charge in [0.05, 0.1) is 13.5 Å². The molecule has 0 bridgehead atoms. The molecule has 0 amide bonds. The minimum atomic E-state index is -0.144. The van der Waals surface area contributed by atoms with Crippen molar-refractivity contribution in [2.75, 3.05) is 7.11 Å². The van der Waals surface area contributed by atoms with Crippen molar-refractivity contribution in [3.8, 4) is 0 Å². The first-order chi connectivity index (χ1) is 5.60. The van der Waals surface area contributed by atoms with Crippen molar-refractivity contribution in [3.05, 3.63) is 0 Å². The highest BCUT2D eigenvalue weighted by atomic mass is 16.5. The summed E-state index contributed by atoms with van der Waals surface area (Å²) in [6.45, 7) is 6.20. The fraction of sp³-hybridized carbons (Fsp3) is 0.889. The van der Waals surface area contributed by atoms with E-state index in [-0.39, 0.29) is 12.0 Å². The normalized spacial score (nSPS) is 13.1. The van der Waals surface area contributed by atoms with Crippen LogP contribution in [0.4, 0.5) is 0 Å². The smallest absolute Gasteiger partial charge is 0.307 e. The first kappa shape index (κ1) is 11.4. The second kappa shape index (κ2) is 6.00. The average molecular weight is 173 g/mol.